The standard InChI is InChI=1S/C16H26BrNO2/c1-13(2)11-18-12-14-10-15(6-7-16(14)17)20-9-5-3-4-8-19/h6-7,10,13,18-19H,3-5,8-9,11-12H2,1-2H3. The summed E-state index contributed by atoms with van der Waals surface area (Å²) in [4.78, 5) is 0. The molecule has 0 saturated heterocycles. The van der Waals surface area contributed by atoms with E-state index in [2.05, 4.69) is 41.2 Å². The number of nitrogens with one attached hydrogen (secondary N) is 1. The zero-order valence-corrected chi connectivity index (χ0v) is 14.1. The third kappa shape index (κ3) is 7.27. The van der Waals surface area contributed by atoms with Crippen molar-refractivity contribution >= 4 is 15.9 Å². The van der Waals surface area contributed by atoms with Gasteiger partial charge >= 0.3 is 0 Å². The number of hydrogen-bond donors (Lipinski definition) is 2. The molecule has 1 rings (SSSR count). The molecule has 0 heterocycles. The highest BCUT2D eigenvalue weighted by Crippen LogP contribution is 2.22. The zero-order valence-electron chi connectivity index (χ0n) is 12.5. The van der Waals surface area contributed by atoms with Crippen LogP contribution in [0.1, 0.15) is 38.7 Å². The number of unbranched alkanes of at least 4 members (excludes halogenated alkanes) is 2. The second-order valence-electron chi connectivity index (χ2n) is 5.41. The summed E-state index contributed by atoms with van der Waals surface area (Å²) in [5, 5.41) is 12.2. The summed E-state index contributed by atoms with van der Waals surface area (Å²) >= 11 is 3.58. The molecule has 0 atom stereocenters. The third-order valence-electron chi connectivity index (χ3n) is 2.96. The lowest BCUT2D eigenvalue weighted by molar-refractivity contribution is 0.266. The first kappa shape index (κ1) is 17.5. The van der Waals surface area contributed by atoms with Gasteiger partial charge in [-0.15, -0.1) is 0 Å². The van der Waals surface area contributed by atoms with Gasteiger partial charge in [0.25, 0.3) is 0 Å². The minimum Gasteiger partial charge on any atom is -0.494 e. The van der Waals surface area contributed by atoms with Gasteiger partial charge in [0.2, 0.25) is 0 Å². The summed E-state index contributed by atoms with van der Waals surface area (Å²) in [6.07, 6.45) is 2.85. The van der Waals surface area contributed by atoms with Crippen LogP contribution >= 0.6 is 15.9 Å². The Labute approximate surface area is 130 Å². The molecule has 4 heteroatoms. The van der Waals surface area contributed by atoms with Gasteiger partial charge in [-0.25, -0.2) is 0 Å². The molecule has 0 radical (unpaired) electrons. The van der Waals surface area contributed by atoms with E-state index < -0.39 is 0 Å². The Hall–Kier alpha value is -0.580. The lowest BCUT2D eigenvalue weighted by Gasteiger charge is -2.11. The fraction of sp³-hybridized carbons (Fsp3) is 0.625. The predicted molar refractivity (Wildman–Crippen MR) is 87.1 cm³/mol. The topological polar surface area (TPSA) is 41.5 Å². The Balaban J connectivity index is 2.40. The molecule has 0 aliphatic rings. The highest BCUT2D eigenvalue weighted by Gasteiger charge is 2.03. The summed E-state index contributed by atoms with van der Waals surface area (Å²) in [7, 11) is 0. The zero-order chi connectivity index (χ0) is 14.8. The Morgan fingerprint density at radius 1 is 1.25 bits per heavy atom. The molecule has 0 spiro atoms. The van der Waals surface area contributed by atoms with E-state index in [4.69, 9.17) is 9.84 Å². The Kier molecular flexibility index (Phi) is 8.90. The molecule has 3 nitrogen and oxygen atoms in total. The van der Waals surface area contributed by atoms with Crippen LogP contribution in [0.15, 0.2) is 22.7 Å². The Morgan fingerprint density at radius 2 is 2.05 bits per heavy atom. The highest BCUT2D eigenvalue weighted by molar-refractivity contribution is 9.10. The molecule has 0 aromatic heterocycles. The van der Waals surface area contributed by atoms with Gasteiger partial charge in [0, 0.05) is 17.6 Å². The fourth-order valence-corrected chi connectivity index (χ4v) is 2.24. The second kappa shape index (κ2) is 10.2. The Bertz CT molecular complexity index is 383. The minimum atomic E-state index is 0.268. The molecule has 0 unspecified atom stereocenters. The molecule has 2 N–H and O–H groups in total. The molecular weight excluding hydrogens is 318 g/mol. The van der Waals surface area contributed by atoms with Crippen molar-refractivity contribution in [1.82, 2.24) is 5.32 Å². The monoisotopic (exact) mass is 343 g/mol. The maximum atomic E-state index is 8.72. The molecule has 1 aromatic carbocycles. The maximum Gasteiger partial charge on any atom is 0.119 e. The molecule has 0 fully saturated rings. The van der Waals surface area contributed by atoms with E-state index >= 15 is 0 Å². The average Bonchev–Trinajstić information content (AvgIpc) is 2.41. The van der Waals surface area contributed by atoms with Crippen molar-refractivity contribution in [3.63, 3.8) is 0 Å². The first-order chi connectivity index (χ1) is 9.63. The van der Waals surface area contributed by atoms with Gasteiger partial charge in [-0.05, 0) is 55.5 Å². The van der Waals surface area contributed by atoms with Crippen molar-refractivity contribution in [2.24, 2.45) is 5.92 Å². The number of rotatable bonds is 10. The molecule has 0 saturated carbocycles. The number of benzene rings is 1. The average molecular weight is 344 g/mol. The number of halogens is 1. The van der Waals surface area contributed by atoms with Crippen LogP contribution in [0.2, 0.25) is 0 Å². The normalized spacial score (nSPS) is 11.1. The number of aliphatic hydroxyl groups is 1. The maximum absolute atomic E-state index is 8.72. The number of aliphatic hydroxyl groups excluding tert-OH is 1. The molecule has 20 heavy (non-hydrogen) atoms. The van der Waals surface area contributed by atoms with E-state index in [-0.39, 0.29) is 6.61 Å². The summed E-state index contributed by atoms with van der Waals surface area (Å²) in [6, 6.07) is 6.11. The van der Waals surface area contributed by atoms with E-state index in [1.807, 2.05) is 12.1 Å². The van der Waals surface area contributed by atoms with E-state index in [1.165, 1.54) is 5.56 Å². The molecule has 0 bridgehead atoms. The molecule has 114 valence electrons. The Morgan fingerprint density at radius 3 is 2.75 bits per heavy atom. The molecule has 0 aliphatic heterocycles. The van der Waals surface area contributed by atoms with Crippen molar-refractivity contribution < 1.29 is 9.84 Å². The summed E-state index contributed by atoms with van der Waals surface area (Å²) < 4.78 is 6.86. The smallest absolute Gasteiger partial charge is 0.119 e. The largest absolute Gasteiger partial charge is 0.494 e. The molecular formula is C16H26BrNO2. The van der Waals surface area contributed by atoms with E-state index in [0.717, 1.165) is 42.6 Å². The van der Waals surface area contributed by atoms with Crippen LogP contribution in [0, 0.1) is 5.92 Å². The highest BCUT2D eigenvalue weighted by atomic mass is 79.9. The second-order valence-corrected chi connectivity index (χ2v) is 6.27. The van der Waals surface area contributed by atoms with Gasteiger partial charge in [-0.3, -0.25) is 0 Å². The van der Waals surface area contributed by atoms with Crippen molar-refractivity contribution in [2.75, 3.05) is 19.8 Å². The molecule has 0 aliphatic carbocycles. The predicted octanol–water partition coefficient (Wildman–Crippen LogP) is 3.74. The first-order valence-electron chi connectivity index (χ1n) is 7.36. The van der Waals surface area contributed by atoms with Crippen LogP contribution < -0.4 is 10.1 Å². The van der Waals surface area contributed by atoms with Crippen LogP contribution in [0.5, 0.6) is 5.75 Å². The van der Waals surface area contributed by atoms with Gasteiger partial charge < -0.3 is 15.2 Å². The van der Waals surface area contributed by atoms with Gasteiger partial charge in [0.15, 0.2) is 0 Å². The van der Waals surface area contributed by atoms with E-state index in [9.17, 15) is 0 Å². The summed E-state index contributed by atoms with van der Waals surface area (Å²) in [5.41, 5.74) is 1.22. The lowest BCUT2D eigenvalue weighted by Crippen LogP contribution is -2.19. The van der Waals surface area contributed by atoms with Crippen molar-refractivity contribution in [3.05, 3.63) is 28.2 Å². The summed E-state index contributed by atoms with van der Waals surface area (Å²) in [6.45, 7) is 7.24. The third-order valence-corrected chi connectivity index (χ3v) is 3.73. The van der Waals surface area contributed by atoms with Crippen molar-refractivity contribution in [3.8, 4) is 5.75 Å². The molecule has 1 aromatic rings. The van der Waals surface area contributed by atoms with Crippen molar-refractivity contribution in [1.29, 1.82) is 0 Å². The number of ether oxygens (including phenoxy) is 1. The quantitative estimate of drug-likeness (QED) is 0.636. The fourth-order valence-electron chi connectivity index (χ4n) is 1.85. The first-order valence-corrected chi connectivity index (χ1v) is 8.15. The van der Waals surface area contributed by atoms with Crippen LogP contribution in [0.25, 0.3) is 0 Å². The number of hydrogen-bond acceptors (Lipinski definition) is 3. The van der Waals surface area contributed by atoms with Crippen LogP contribution in [-0.2, 0) is 6.54 Å². The van der Waals surface area contributed by atoms with E-state index in [1.54, 1.807) is 0 Å². The van der Waals surface area contributed by atoms with E-state index in [0.29, 0.717) is 12.5 Å². The minimum absolute atomic E-state index is 0.268. The van der Waals surface area contributed by atoms with Crippen molar-refractivity contribution in [2.45, 2.75) is 39.7 Å². The van der Waals surface area contributed by atoms with Gasteiger partial charge in [-0.1, -0.05) is 29.8 Å². The lowest BCUT2D eigenvalue weighted by atomic mass is 10.2. The van der Waals surface area contributed by atoms with Gasteiger partial charge in [0.05, 0.1) is 6.61 Å². The van der Waals surface area contributed by atoms with Crippen LogP contribution in [-0.4, -0.2) is 24.9 Å². The van der Waals surface area contributed by atoms with Gasteiger partial charge in [-0.2, -0.15) is 0 Å². The van der Waals surface area contributed by atoms with Gasteiger partial charge in [0.1, 0.15) is 5.75 Å². The van der Waals surface area contributed by atoms with Crippen LogP contribution in [0.4, 0.5) is 0 Å². The summed E-state index contributed by atoms with van der Waals surface area (Å²) in [5.74, 6) is 1.57. The molecule has 0 amide bonds. The van der Waals surface area contributed by atoms with Crippen LogP contribution in [0.3, 0.4) is 0 Å². The SMILES string of the molecule is CC(C)CNCc1cc(OCCCCCO)ccc1Br.